The number of aromatic nitrogens is 3. The van der Waals surface area contributed by atoms with Crippen LogP contribution in [0.4, 0.5) is 0 Å². The summed E-state index contributed by atoms with van der Waals surface area (Å²) in [5.74, 6) is -0.0853. The predicted molar refractivity (Wildman–Crippen MR) is 89.6 cm³/mol. The van der Waals surface area contributed by atoms with Gasteiger partial charge in [0.05, 0.1) is 16.3 Å². The number of hydrogen-bond acceptors (Lipinski definition) is 5. The highest BCUT2D eigenvalue weighted by molar-refractivity contribution is 6.34. The van der Waals surface area contributed by atoms with Crippen molar-refractivity contribution in [1.29, 1.82) is 0 Å². The first-order chi connectivity index (χ1) is 11.7. The minimum Gasteiger partial charge on any atom is -0.345 e. The van der Waals surface area contributed by atoms with Gasteiger partial charge in [-0.15, -0.1) is 0 Å². The van der Waals surface area contributed by atoms with E-state index < -0.39 is 0 Å². The second-order valence-electron chi connectivity index (χ2n) is 6.18. The number of amides is 1. The predicted octanol–water partition coefficient (Wildman–Crippen LogP) is 3.42. The fraction of sp³-hybridized carbons (Fsp3) is 0.412. The third kappa shape index (κ3) is 2.82. The number of halogens is 1. The zero-order valence-corrected chi connectivity index (χ0v) is 13.8. The van der Waals surface area contributed by atoms with Crippen LogP contribution in [-0.4, -0.2) is 27.1 Å². The highest BCUT2D eigenvalue weighted by Gasteiger charge is 2.23. The second-order valence-corrected chi connectivity index (χ2v) is 6.56. The summed E-state index contributed by atoms with van der Waals surface area (Å²) in [7, 11) is 0. The molecule has 124 valence electrons. The molecule has 0 atom stereocenters. The number of rotatable bonds is 3. The molecule has 0 saturated heterocycles. The third-order valence-electron chi connectivity index (χ3n) is 4.53. The van der Waals surface area contributed by atoms with Crippen LogP contribution in [0.1, 0.15) is 54.0 Å². The molecule has 4 rings (SSSR count). The maximum atomic E-state index is 12.3. The van der Waals surface area contributed by atoms with E-state index in [-0.39, 0.29) is 23.7 Å². The van der Waals surface area contributed by atoms with Crippen LogP contribution in [0.5, 0.6) is 0 Å². The Labute approximate surface area is 144 Å². The molecule has 2 aromatic heterocycles. The zero-order valence-electron chi connectivity index (χ0n) is 13.1. The quantitative estimate of drug-likeness (QED) is 0.922. The molecule has 0 spiro atoms. The topological polar surface area (TPSA) is 80.9 Å². The Kier molecular flexibility index (Phi) is 4.06. The largest absolute Gasteiger partial charge is 0.345 e. The number of allylic oxidation sites excluding steroid dienone is 1. The van der Waals surface area contributed by atoms with Gasteiger partial charge in [0.25, 0.3) is 0 Å². The van der Waals surface area contributed by atoms with E-state index in [1.807, 2.05) is 12.2 Å². The van der Waals surface area contributed by atoms with Gasteiger partial charge in [-0.3, -0.25) is 9.78 Å². The Bertz CT molecular complexity index is 809. The first-order valence-corrected chi connectivity index (χ1v) is 8.59. The van der Waals surface area contributed by atoms with Crippen LogP contribution in [0, 0.1) is 0 Å². The molecule has 2 aromatic rings. The molecular formula is C17H17ClN4O2. The molecule has 6 nitrogen and oxygen atoms in total. The molecule has 0 radical (unpaired) electrons. The Morgan fingerprint density at radius 1 is 1.29 bits per heavy atom. The van der Waals surface area contributed by atoms with E-state index in [0.717, 1.165) is 43.4 Å². The van der Waals surface area contributed by atoms with E-state index >= 15 is 0 Å². The summed E-state index contributed by atoms with van der Waals surface area (Å²) in [5, 5.41) is 7.39. The van der Waals surface area contributed by atoms with Gasteiger partial charge in [-0.1, -0.05) is 48.2 Å². The van der Waals surface area contributed by atoms with E-state index in [2.05, 4.69) is 20.4 Å². The van der Waals surface area contributed by atoms with Crippen molar-refractivity contribution in [3.8, 4) is 11.4 Å². The highest BCUT2D eigenvalue weighted by atomic mass is 35.5. The van der Waals surface area contributed by atoms with Crippen molar-refractivity contribution in [2.24, 2.45) is 0 Å². The number of carbonyl (C=O) groups is 1. The summed E-state index contributed by atoms with van der Waals surface area (Å²) in [5.41, 5.74) is 2.39. The molecule has 1 fully saturated rings. The average molecular weight is 345 g/mol. The Morgan fingerprint density at radius 3 is 2.96 bits per heavy atom. The van der Waals surface area contributed by atoms with Crippen LogP contribution in [0.15, 0.2) is 16.8 Å². The molecule has 0 aromatic carbocycles. The normalized spacial score (nSPS) is 17.0. The lowest BCUT2D eigenvalue weighted by molar-refractivity contribution is 0.0883. The van der Waals surface area contributed by atoms with Crippen LogP contribution in [-0.2, 0) is 6.42 Å². The lowest BCUT2D eigenvalue weighted by atomic mass is 9.95. The fourth-order valence-corrected chi connectivity index (χ4v) is 3.54. The summed E-state index contributed by atoms with van der Waals surface area (Å²) in [6.07, 6.45) is 11.9. The molecule has 1 saturated carbocycles. The maximum Gasteiger partial charge on any atom is 0.316 e. The Balaban J connectivity index is 1.54. The minimum absolute atomic E-state index is 0.0392. The van der Waals surface area contributed by atoms with Crippen molar-refractivity contribution in [3.63, 3.8) is 0 Å². The van der Waals surface area contributed by atoms with Gasteiger partial charge in [0.1, 0.15) is 0 Å². The van der Waals surface area contributed by atoms with E-state index in [4.69, 9.17) is 16.1 Å². The SMILES string of the molecule is O=C(NC1CCCCC1)c1nc(-c2cnc3c(c2Cl)C=CC3)no1. The van der Waals surface area contributed by atoms with Gasteiger partial charge in [0.15, 0.2) is 0 Å². The Hall–Kier alpha value is -2.21. The van der Waals surface area contributed by atoms with E-state index in [9.17, 15) is 4.79 Å². The van der Waals surface area contributed by atoms with Gasteiger partial charge in [-0.25, -0.2) is 0 Å². The Morgan fingerprint density at radius 2 is 2.12 bits per heavy atom. The molecule has 7 heteroatoms. The van der Waals surface area contributed by atoms with Crippen LogP contribution in [0.3, 0.4) is 0 Å². The first kappa shape index (κ1) is 15.3. The summed E-state index contributed by atoms with van der Waals surface area (Å²) >= 11 is 6.42. The fourth-order valence-electron chi connectivity index (χ4n) is 3.24. The maximum absolute atomic E-state index is 12.3. The van der Waals surface area contributed by atoms with Gasteiger partial charge in [0, 0.05) is 24.2 Å². The van der Waals surface area contributed by atoms with Gasteiger partial charge in [0.2, 0.25) is 5.82 Å². The minimum atomic E-state index is -0.328. The van der Waals surface area contributed by atoms with Gasteiger partial charge >= 0.3 is 11.8 Å². The molecule has 24 heavy (non-hydrogen) atoms. The van der Waals surface area contributed by atoms with E-state index in [1.165, 1.54) is 6.42 Å². The molecule has 1 amide bonds. The van der Waals surface area contributed by atoms with Crippen LogP contribution in [0.25, 0.3) is 17.5 Å². The van der Waals surface area contributed by atoms with Gasteiger partial charge in [-0.2, -0.15) is 4.98 Å². The first-order valence-electron chi connectivity index (χ1n) is 8.21. The summed E-state index contributed by atoms with van der Waals surface area (Å²) < 4.78 is 5.12. The highest BCUT2D eigenvalue weighted by Crippen LogP contribution is 2.33. The van der Waals surface area contributed by atoms with E-state index in [1.54, 1.807) is 6.20 Å². The molecule has 0 unspecified atom stereocenters. The van der Waals surface area contributed by atoms with Crippen LogP contribution < -0.4 is 5.32 Å². The van der Waals surface area contributed by atoms with E-state index in [0.29, 0.717) is 10.6 Å². The second kappa shape index (κ2) is 6.36. The van der Waals surface area contributed by atoms with Crippen molar-refractivity contribution in [3.05, 3.63) is 34.4 Å². The van der Waals surface area contributed by atoms with Crippen molar-refractivity contribution in [2.45, 2.75) is 44.6 Å². The summed E-state index contributed by atoms with van der Waals surface area (Å²) in [4.78, 5) is 20.8. The monoisotopic (exact) mass is 344 g/mol. The molecule has 2 aliphatic rings. The standard InChI is InChI=1S/C17H17ClN4O2/c18-14-11-7-4-8-13(11)19-9-12(14)15-21-17(24-22-15)16(23)20-10-5-2-1-3-6-10/h4,7,9-10H,1-3,5-6,8H2,(H,20,23). The average Bonchev–Trinajstić information content (AvgIpc) is 3.25. The number of fused-ring (bicyclic) bond motifs is 1. The molecule has 0 aliphatic heterocycles. The summed E-state index contributed by atoms with van der Waals surface area (Å²) in [6, 6.07) is 0.192. The third-order valence-corrected chi connectivity index (χ3v) is 4.94. The number of nitrogens with one attached hydrogen (secondary N) is 1. The number of pyridine rings is 1. The number of nitrogens with zero attached hydrogens (tertiary/aromatic N) is 3. The molecule has 1 N–H and O–H groups in total. The van der Waals surface area contributed by atoms with Crippen LogP contribution in [0.2, 0.25) is 5.02 Å². The van der Waals surface area contributed by atoms with Crippen molar-refractivity contribution < 1.29 is 9.32 Å². The van der Waals surface area contributed by atoms with Crippen molar-refractivity contribution in [1.82, 2.24) is 20.4 Å². The summed E-state index contributed by atoms with van der Waals surface area (Å²) in [6.45, 7) is 0. The lowest BCUT2D eigenvalue weighted by Crippen LogP contribution is -2.36. The van der Waals surface area contributed by atoms with Crippen molar-refractivity contribution >= 4 is 23.6 Å². The van der Waals surface area contributed by atoms with Crippen LogP contribution >= 0.6 is 11.6 Å². The van der Waals surface area contributed by atoms with Gasteiger partial charge in [-0.05, 0) is 12.8 Å². The number of hydrogen-bond donors (Lipinski definition) is 1. The molecule has 2 aliphatic carbocycles. The number of carbonyl (C=O) groups excluding carboxylic acids is 1. The van der Waals surface area contributed by atoms with Crippen molar-refractivity contribution in [2.75, 3.05) is 0 Å². The zero-order chi connectivity index (χ0) is 16.5. The lowest BCUT2D eigenvalue weighted by Gasteiger charge is -2.21. The molecule has 0 bridgehead atoms. The molecular weight excluding hydrogens is 328 g/mol. The smallest absolute Gasteiger partial charge is 0.316 e. The molecule has 2 heterocycles. The van der Waals surface area contributed by atoms with Gasteiger partial charge < -0.3 is 9.84 Å².